The number of imidazole rings is 1. The number of rotatable bonds is 4. The summed E-state index contributed by atoms with van der Waals surface area (Å²) in [6.07, 6.45) is -3.01. The van der Waals surface area contributed by atoms with Crippen molar-refractivity contribution in [3.63, 3.8) is 0 Å². The maximum absolute atomic E-state index is 12.8. The number of nitrogens with zero attached hydrogens (tertiary/aromatic N) is 3. The van der Waals surface area contributed by atoms with E-state index in [0.717, 1.165) is 6.07 Å². The van der Waals surface area contributed by atoms with Crippen LogP contribution in [0.25, 0.3) is 21.6 Å². The second-order valence-electron chi connectivity index (χ2n) is 5.46. The highest BCUT2D eigenvalue weighted by Crippen LogP contribution is 2.38. The van der Waals surface area contributed by atoms with Gasteiger partial charge in [-0.25, -0.2) is 9.78 Å². The van der Waals surface area contributed by atoms with Gasteiger partial charge < -0.3 is 4.74 Å². The normalized spacial score (nSPS) is 11.9. The van der Waals surface area contributed by atoms with Crippen molar-refractivity contribution in [1.29, 1.82) is 0 Å². The highest BCUT2D eigenvalue weighted by molar-refractivity contribution is 7.15. The molecule has 0 saturated carbocycles. The van der Waals surface area contributed by atoms with Crippen LogP contribution in [-0.4, -0.2) is 26.7 Å². The van der Waals surface area contributed by atoms with E-state index in [0.29, 0.717) is 32.9 Å². The SMILES string of the molecule is CCOC(=O)Cn1c(=O)n(C)c2ncc(-c3ccc(C(F)(F)F)s3)cc21. The lowest BCUT2D eigenvalue weighted by atomic mass is 10.2. The van der Waals surface area contributed by atoms with Crippen molar-refractivity contribution in [2.75, 3.05) is 6.61 Å². The van der Waals surface area contributed by atoms with Crippen molar-refractivity contribution in [3.05, 3.63) is 39.8 Å². The lowest BCUT2D eigenvalue weighted by molar-refractivity contribution is -0.143. The number of alkyl halides is 3. The van der Waals surface area contributed by atoms with Crippen molar-refractivity contribution >= 4 is 28.5 Å². The minimum absolute atomic E-state index is 0.178. The second kappa shape index (κ2) is 6.60. The Kier molecular flexibility index (Phi) is 4.61. The number of aryl methyl sites for hydroxylation is 1. The molecule has 3 aromatic heterocycles. The van der Waals surface area contributed by atoms with Crippen LogP contribution in [0.15, 0.2) is 29.2 Å². The predicted octanol–water partition coefficient (Wildman–Crippen LogP) is 3.05. The van der Waals surface area contributed by atoms with E-state index in [1.807, 2.05) is 0 Å². The molecule has 0 bridgehead atoms. The standard InChI is InChI=1S/C16H14F3N3O3S/c1-3-25-13(23)8-22-10-6-9(7-20-14(10)21(2)15(22)24)11-4-5-12(26-11)16(17,18)19/h4-7H,3,8H2,1-2H3. The van der Waals surface area contributed by atoms with Gasteiger partial charge in [-0.3, -0.25) is 13.9 Å². The van der Waals surface area contributed by atoms with Gasteiger partial charge in [0.05, 0.1) is 12.1 Å². The predicted molar refractivity (Wildman–Crippen MR) is 89.9 cm³/mol. The summed E-state index contributed by atoms with van der Waals surface area (Å²) >= 11 is 0.590. The first-order chi connectivity index (χ1) is 12.2. The third kappa shape index (κ3) is 3.24. The Morgan fingerprint density at radius 1 is 1.35 bits per heavy atom. The number of thiophene rings is 1. The molecule has 0 saturated heterocycles. The van der Waals surface area contributed by atoms with Gasteiger partial charge in [-0.05, 0) is 25.1 Å². The zero-order valence-corrected chi connectivity index (χ0v) is 14.6. The van der Waals surface area contributed by atoms with Crippen LogP contribution in [0, 0.1) is 0 Å². The van der Waals surface area contributed by atoms with Crippen LogP contribution in [0.4, 0.5) is 13.2 Å². The molecule has 26 heavy (non-hydrogen) atoms. The number of carbonyl (C=O) groups is 1. The van der Waals surface area contributed by atoms with E-state index in [2.05, 4.69) is 4.98 Å². The van der Waals surface area contributed by atoms with Gasteiger partial charge >= 0.3 is 17.8 Å². The Labute approximate surface area is 149 Å². The molecule has 10 heteroatoms. The molecule has 0 aliphatic carbocycles. The van der Waals surface area contributed by atoms with E-state index < -0.39 is 22.7 Å². The summed E-state index contributed by atoms with van der Waals surface area (Å²) in [7, 11) is 1.51. The lowest BCUT2D eigenvalue weighted by Crippen LogP contribution is -2.26. The molecule has 3 aromatic rings. The van der Waals surface area contributed by atoms with Crippen molar-refractivity contribution in [2.45, 2.75) is 19.6 Å². The molecular weight excluding hydrogens is 371 g/mol. The average molecular weight is 385 g/mol. The van der Waals surface area contributed by atoms with Crippen LogP contribution in [0.5, 0.6) is 0 Å². The number of carbonyl (C=O) groups excluding carboxylic acids is 1. The van der Waals surface area contributed by atoms with Gasteiger partial charge in [0, 0.05) is 23.7 Å². The van der Waals surface area contributed by atoms with E-state index in [1.54, 1.807) is 13.0 Å². The summed E-state index contributed by atoms with van der Waals surface area (Å²) in [5, 5.41) is 0. The van der Waals surface area contributed by atoms with Gasteiger partial charge in [0.2, 0.25) is 0 Å². The second-order valence-corrected chi connectivity index (χ2v) is 6.54. The first-order valence-electron chi connectivity index (χ1n) is 7.60. The Balaban J connectivity index is 2.09. The van der Waals surface area contributed by atoms with Gasteiger partial charge in [-0.1, -0.05) is 0 Å². The van der Waals surface area contributed by atoms with E-state index in [-0.39, 0.29) is 13.2 Å². The zero-order valence-electron chi connectivity index (χ0n) is 13.8. The van der Waals surface area contributed by atoms with E-state index in [1.165, 1.54) is 28.4 Å². The molecule has 0 fully saturated rings. The highest BCUT2D eigenvalue weighted by atomic mass is 32.1. The molecule has 3 heterocycles. The maximum atomic E-state index is 12.8. The van der Waals surface area contributed by atoms with Crippen molar-refractivity contribution in [2.24, 2.45) is 7.05 Å². The van der Waals surface area contributed by atoms with Gasteiger partial charge in [0.25, 0.3) is 0 Å². The molecule has 0 atom stereocenters. The van der Waals surface area contributed by atoms with Crippen molar-refractivity contribution in [1.82, 2.24) is 14.1 Å². The first kappa shape index (κ1) is 18.2. The van der Waals surface area contributed by atoms with Gasteiger partial charge in [0.1, 0.15) is 11.4 Å². The number of pyridine rings is 1. The van der Waals surface area contributed by atoms with E-state index in [4.69, 9.17) is 4.74 Å². The van der Waals surface area contributed by atoms with Crippen LogP contribution in [-0.2, 0) is 29.3 Å². The minimum Gasteiger partial charge on any atom is -0.465 e. The number of aromatic nitrogens is 3. The summed E-state index contributed by atoms with van der Waals surface area (Å²) < 4.78 is 45.7. The number of halogens is 3. The Bertz CT molecular complexity index is 1030. The fraction of sp³-hybridized carbons (Fsp3) is 0.312. The number of fused-ring (bicyclic) bond motifs is 1. The average Bonchev–Trinajstić information content (AvgIpc) is 3.15. The summed E-state index contributed by atoms with van der Waals surface area (Å²) in [4.78, 5) is 27.9. The third-order valence-corrected chi connectivity index (χ3v) is 4.92. The van der Waals surface area contributed by atoms with Crippen LogP contribution < -0.4 is 5.69 Å². The third-order valence-electron chi connectivity index (χ3n) is 3.74. The molecule has 0 spiro atoms. The molecule has 0 unspecified atom stereocenters. The number of hydrogen-bond donors (Lipinski definition) is 0. The zero-order chi connectivity index (χ0) is 19.1. The monoisotopic (exact) mass is 385 g/mol. The van der Waals surface area contributed by atoms with Crippen molar-refractivity contribution in [3.8, 4) is 10.4 Å². The topological polar surface area (TPSA) is 66.1 Å². The molecule has 6 nitrogen and oxygen atoms in total. The Morgan fingerprint density at radius 2 is 2.08 bits per heavy atom. The van der Waals surface area contributed by atoms with E-state index in [9.17, 15) is 22.8 Å². The molecular formula is C16H14F3N3O3S. The van der Waals surface area contributed by atoms with Gasteiger partial charge in [-0.15, -0.1) is 11.3 Å². The largest absolute Gasteiger partial charge is 0.465 e. The first-order valence-corrected chi connectivity index (χ1v) is 8.42. The lowest BCUT2D eigenvalue weighted by Gasteiger charge is -2.04. The molecule has 0 N–H and O–H groups in total. The Hall–Kier alpha value is -2.62. The van der Waals surface area contributed by atoms with Crippen LogP contribution in [0.1, 0.15) is 11.8 Å². The number of ether oxygens (including phenoxy) is 1. The maximum Gasteiger partial charge on any atom is 0.425 e. The van der Waals surface area contributed by atoms with Crippen LogP contribution >= 0.6 is 11.3 Å². The number of esters is 1. The molecule has 3 rings (SSSR count). The summed E-state index contributed by atoms with van der Waals surface area (Å²) in [5.41, 5.74) is 0.654. The quantitative estimate of drug-likeness (QED) is 0.648. The molecule has 0 radical (unpaired) electrons. The van der Waals surface area contributed by atoms with Gasteiger partial charge in [0.15, 0.2) is 5.65 Å². The van der Waals surface area contributed by atoms with Crippen LogP contribution in [0.2, 0.25) is 0 Å². The molecule has 0 aliphatic heterocycles. The minimum atomic E-state index is -4.42. The molecule has 0 aliphatic rings. The highest BCUT2D eigenvalue weighted by Gasteiger charge is 2.32. The van der Waals surface area contributed by atoms with Gasteiger partial charge in [-0.2, -0.15) is 13.2 Å². The number of hydrogen-bond acceptors (Lipinski definition) is 5. The molecule has 0 amide bonds. The Morgan fingerprint density at radius 3 is 2.69 bits per heavy atom. The summed E-state index contributed by atoms with van der Waals surface area (Å²) in [5.74, 6) is -0.581. The van der Waals surface area contributed by atoms with E-state index >= 15 is 0 Å². The fourth-order valence-corrected chi connectivity index (χ4v) is 3.40. The molecule has 138 valence electrons. The van der Waals surface area contributed by atoms with Crippen LogP contribution in [0.3, 0.4) is 0 Å². The summed E-state index contributed by atoms with van der Waals surface area (Å²) in [6.45, 7) is 1.53. The molecule has 0 aromatic carbocycles. The fourth-order valence-electron chi connectivity index (χ4n) is 2.55. The summed E-state index contributed by atoms with van der Waals surface area (Å²) in [6, 6.07) is 3.91. The smallest absolute Gasteiger partial charge is 0.425 e. The van der Waals surface area contributed by atoms with Crippen molar-refractivity contribution < 1.29 is 22.7 Å².